The molecule has 0 saturated heterocycles. The zero-order chi connectivity index (χ0) is 14.5. The number of hydrogen-bond donors (Lipinski definition) is 0. The summed E-state index contributed by atoms with van der Waals surface area (Å²) >= 11 is 13.2. The van der Waals surface area contributed by atoms with Gasteiger partial charge in [-0.1, -0.05) is 23.2 Å². The summed E-state index contributed by atoms with van der Waals surface area (Å²) in [6.07, 6.45) is 0. The number of carbonyl (C=O) groups excluding carboxylic acids is 1. The molecule has 0 aliphatic carbocycles. The summed E-state index contributed by atoms with van der Waals surface area (Å²) in [7, 11) is 1.59. The lowest BCUT2D eigenvalue weighted by molar-refractivity contribution is 0.102. The molecule has 0 N–H and O–H groups in total. The summed E-state index contributed by atoms with van der Waals surface area (Å²) < 4.78 is 5.06. The summed E-state index contributed by atoms with van der Waals surface area (Å²) in [6.45, 7) is 0. The van der Waals surface area contributed by atoms with Gasteiger partial charge in [0.15, 0.2) is 5.78 Å². The molecule has 0 radical (unpaired) electrons. The summed E-state index contributed by atoms with van der Waals surface area (Å²) in [5, 5.41) is 1.01. The predicted molar refractivity (Wildman–Crippen MR) is 84.5 cm³/mol. The van der Waals surface area contributed by atoms with Gasteiger partial charge < -0.3 is 4.74 Å². The monoisotopic (exact) mass is 326 g/mol. The summed E-state index contributed by atoms with van der Waals surface area (Å²) in [6, 6.07) is 12.4. The van der Waals surface area contributed by atoms with Gasteiger partial charge in [0, 0.05) is 10.5 Å². The maximum absolute atomic E-state index is 12.0. The van der Waals surface area contributed by atoms with Crippen LogP contribution in [-0.2, 0) is 0 Å². The van der Waals surface area contributed by atoms with Crippen LogP contribution in [0.25, 0.3) is 0 Å². The summed E-state index contributed by atoms with van der Waals surface area (Å²) in [5.74, 6) is 1.15. The van der Waals surface area contributed by atoms with Crippen LogP contribution in [0.15, 0.2) is 47.4 Å². The van der Waals surface area contributed by atoms with E-state index in [1.54, 1.807) is 43.5 Å². The molecule has 0 saturated carbocycles. The zero-order valence-electron chi connectivity index (χ0n) is 10.7. The van der Waals surface area contributed by atoms with Crippen molar-refractivity contribution in [2.24, 2.45) is 0 Å². The first kappa shape index (κ1) is 15.2. The Hall–Kier alpha value is -1.16. The van der Waals surface area contributed by atoms with Crippen LogP contribution < -0.4 is 4.74 Å². The topological polar surface area (TPSA) is 26.3 Å². The minimum Gasteiger partial charge on any atom is -0.497 e. The lowest BCUT2D eigenvalue weighted by Gasteiger charge is -2.04. The highest BCUT2D eigenvalue weighted by Gasteiger charge is 2.08. The van der Waals surface area contributed by atoms with Gasteiger partial charge in [0.05, 0.1) is 22.9 Å². The van der Waals surface area contributed by atoms with E-state index in [-0.39, 0.29) is 5.78 Å². The highest BCUT2D eigenvalue weighted by atomic mass is 35.5. The third-order valence-electron chi connectivity index (χ3n) is 2.67. The molecule has 0 bridgehead atoms. The first-order chi connectivity index (χ1) is 9.60. The van der Waals surface area contributed by atoms with Crippen molar-refractivity contribution in [2.75, 3.05) is 12.9 Å². The van der Waals surface area contributed by atoms with Gasteiger partial charge in [-0.3, -0.25) is 4.79 Å². The van der Waals surface area contributed by atoms with Crippen LogP contribution in [0.3, 0.4) is 0 Å². The van der Waals surface area contributed by atoms with Crippen molar-refractivity contribution < 1.29 is 9.53 Å². The third-order valence-corrected chi connectivity index (χ3v) is 4.41. The van der Waals surface area contributed by atoms with Crippen molar-refractivity contribution >= 4 is 40.7 Å². The highest BCUT2D eigenvalue weighted by molar-refractivity contribution is 8.00. The first-order valence-electron chi connectivity index (χ1n) is 5.85. The van der Waals surface area contributed by atoms with Crippen molar-refractivity contribution in [1.82, 2.24) is 0 Å². The fraction of sp³-hybridized carbons (Fsp3) is 0.133. The number of Topliss-reactive ketones (excluding diaryl/α,β-unsaturated/α-hetero) is 1. The molecule has 2 nitrogen and oxygen atoms in total. The van der Waals surface area contributed by atoms with Gasteiger partial charge in [0.1, 0.15) is 5.75 Å². The Kier molecular flexibility index (Phi) is 5.35. The molecule has 0 aromatic heterocycles. The molecular formula is C15H12Cl2O2S. The second-order valence-corrected chi connectivity index (χ2v) is 5.88. The molecule has 5 heteroatoms. The Balaban J connectivity index is 1.98. The van der Waals surface area contributed by atoms with Crippen molar-refractivity contribution in [3.05, 3.63) is 58.1 Å². The van der Waals surface area contributed by atoms with Crippen LogP contribution in [0, 0.1) is 0 Å². The maximum atomic E-state index is 12.0. The van der Waals surface area contributed by atoms with Crippen LogP contribution in [-0.4, -0.2) is 18.6 Å². The SMILES string of the molecule is COc1ccc(C(=O)CSc2ccc(Cl)c(Cl)c2)cc1. The highest BCUT2D eigenvalue weighted by Crippen LogP contribution is 2.28. The van der Waals surface area contributed by atoms with Crippen molar-refractivity contribution in [3.63, 3.8) is 0 Å². The molecule has 104 valence electrons. The van der Waals surface area contributed by atoms with E-state index < -0.39 is 0 Å². The lowest BCUT2D eigenvalue weighted by Crippen LogP contribution is -2.02. The largest absolute Gasteiger partial charge is 0.497 e. The van der Waals surface area contributed by atoms with E-state index in [1.165, 1.54) is 11.8 Å². The molecule has 0 heterocycles. The van der Waals surface area contributed by atoms with E-state index in [1.807, 2.05) is 6.07 Å². The van der Waals surface area contributed by atoms with Gasteiger partial charge in [-0.2, -0.15) is 0 Å². The Labute approximate surface area is 132 Å². The number of hydrogen-bond acceptors (Lipinski definition) is 3. The summed E-state index contributed by atoms with van der Waals surface area (Å²) in [4.78, 5) is 13.0. The minimum atomic E-state index is 0.0590. The number of ketones is 1. The maximum Gasteiger partial charge on any atom is 0.173 e. The number of ether oxygens (including phenoxy) is 1. The van der Waals surface area contributed by atoms with Crippen LogP contribution in [0.1, 0.15) is 10.4 Å². The lowest BCUT2D eigenvalue weighted by atomic mass is 10.1. The van der Waals surface area contributed by atoms with Gasteiger partial charge in [-0.05, 0) is 42.5 Å². The first-order valence-corrected chi connectivity index (χ1v) is 7.59. The van der Waals surface area contributed by atoms with E-state index in [4.69, 9.17) is 27.9 Å². The number of rotatable bonds is 5. The van der Waals surface area contributed by atoms with Crippen LogP contribution in [0.4, 0.5) is 0 Å². The van der Waals surface area contributed by atoms with E-state index in [0.717, 1.165) is 10.6 Å². The van der Waals surface area contributed by atoms with Crippen molar-refractivity contribution in [3.8, 4) is 5.75 Å². The fourth-order valence-electron chi connectivity index (χ4n) is 1.58. The molecular weight excluding hydrogens is 315 g/mol. The average molecular weight is 327 g/mol. The quantitative estimate of drug-likeness (QED) is 0.572. The molecule has 2 aromatic carbocycles. The molecule has 0 aliphatic heterocycles. The molecule has 20 heavy (non-hydrogen) atoms. The van der Waals surface area contributed by atoms with E-state index >= 15 is 0 Å². The van der Waals surface area contributed by atoms with Crippen LogP contribution >= 0.6 is 35.0 Å². The molecule has 0 aliphatic rings. The van der Waals surface area contributed by atoms with Crippen molar-refractivity contribution in [1.29, 1.82) is 0 Å². The van der Waals surface area contributed by atoms with Crippen LogP contribution in [0.2, 0.25) is 10.0 Å². The van der Waals surface area contributed by atoms with Gasteiger partial charge in [-0.15, -0.1) is 11.8 Å². The standard InChI is InChI=1S/C15H12Cl2O2S/c1-19-11-4-2-10(3-5-11)15(18)9-20-12-6-7-13(16)14(17)8-12/h2-8H,9H2,1H3. The zero-order valence-corrected chi connectivity index (χ0v) is 13.1. The molecule has 0 atom stereocenters. The Morgan fingerprint density at radius 1 is 1.10 bits per heavy atom. The smallest absolute Gasteiger partial charge is 0.173 e. The third kappa shape index (κ3) is 3.92. The van der Waals surface area contributed by atoms with Gasteiger partial charge in [0.2, 0.25) is 0 Å². The number of carbonyl (C=O) groups is 1. The molecule has 2 rings (SSSR count). The van der Waals surface area contributed by atoms with Crippen molar-refractivity contribution in [2.45, 2.75) is 4.90 Å². The van der Waals surface area contributed by atoms with Gasteiger partial charge in [-0.25, -0.2) is 0 Å². The molecule has 0 fully saturated rings. The fourth-order valence-corrected chi connectivity index (χ4v) is 2.77. The molecule has 0 spiro atoms. The summed E-state index contributed by atoms with van der Waals surface area (Å²) in [5.41, 5.74) is 0.665. The Morgan fingerprint density at radius 2 is 1.80 bits per heavy atom. The van der Waals surface area contributed by atoms with E-state index in [2.05, 4.69) is 0 Å². The molecule has 0 unspecified atom stereocenters. The molecule has 0 amide bonds. The number of methoxy groups -OCH3 is 1. The van der Waals surface area contributed by atoms with Crippen LogP contribution in [0.5, 0.6) is 5.75 Å². The Morgan fingerprint density at radius 3 is 2.40 bits per heavy atom. The minimum absolute atomic E-state index is 0.0590. The molecule has 2 aromatic rings. The van der Waals surface area contributed by atoms with E-state index in [9.17, 15) is 4.79 Å². The second kappa shape index (κ2) is 7.02. The second-order valence-electron chi connectivity index (χ2n) is 4.02. The van der Waals surface area contributed by atoms with Gasteiger partial charge in [0.25, 0.3) is 0 Å². The normalized spacial score (nSPS) is 10.3. The number of halogens is 2. The number of benzene rings is 2. The number of thioether (sulfide) groups is 1. The Bertz CT molecular complexity index is 612. The van der Waals surface area contributed by atoms with Gasteiger partial charge >= 0.3 is 0 Å². The average Bonchev–Trinajstić information content (AvgIpc) is 2.48. The predicted octanol–water partition coefficient (Wildman–Crippen LogP) is 4.98. The van der Waals surface area contributed by atoms with E-state index in [0.29, 0.717) is 21.4 Å².